The Labute approximate surface area is 151 Å². The number of ether oxygens (including phenoxy) is 1. The molecule has 1 saturated heterocycles. The topological polar surface area (TPSA) is 46.5 Å². The van der Waals surface area contributed by atoms with Crippen LogP contribution in [0, 0.1) is 6.92 Å². The number of nitrogens with zero attached hydrogens (tertiary/aromatic N) is 2. The molecule has 2 heterocycles. The average Bonchev–Trinajstić information content (AvgIpc) is 2.81. The van der Waals surface area contributed by atoms with Gasteiger partial charge in [-0.2, -0.15) is 0 Å². The van der Waals surface area contributed by atoms with E-state index >= 15 is 0 Å². The molecule has 6 heteroatoms. The van der Waals surface area contributed by atoms with Crippen molar-refractivity contribution in [2.24, 2.45) is 0 Å². The minimum absolute atomic E-state index is 0.0483. The van der Waals surface area contributed by atoms with Crippen molar-refractivity contribution in [1.82, 2.24) is 14.8 Å². The summed E-state index contributed by atoms with van der Waals surface area (Å²) < 4.78 is 8.49. The summed E-state index contributed by atoms with van der Waals surface area (Å²) in [6.07, 6.45) is 0. The Bertz CT molecular complexity index is 722. The maximum atomic E-state index is 12.5. The SMILES string of the molecule is Cc1c(Br)c2ccccc2n1CC(=O)NC(C)CN1CCOCC1. The molecule has 1 N–H and O–H groups in total. The quantitative estimate of drug-likeness (QED) is 0.848. The number of nitrogens with one attached hydrogen (secondary N) is 1. The largest absolute Gasteiger partial charge is 0.379 e. The highest BCUT2D eigenvalue weighted by molar-refractivity contribution is 9.10. The van der Waals surface area contributed by atoms with Crippen LogP contribution in [-0.2, 0) is 16.1 Å². The van der Waals surface area contributed by atoms with Crippen LogP contribution in [0.2, 0.25) is 0 Å². The van der Waals surface area contributed by atoms with Crippen molar-refractivity contribution in [2.75, 3.05) is 32.8 Å². The summed E-state index contributed by atoms with van der Waals surface area (Å²) in [5.74, 6) is 0.0483. The Kier molecular flexibility index (Phi) is 5.58. The number of para-hydroxylation sites is 1. The van der Waals surface area contributed by atoms with Gasteiger partial charge in [0.1, 0.15) is 6.54 Å². The number of amides is 1. The van der Waals surface area contributed by atoms with Gasteiger partial charge in [-0.25, -0.2) is 0 Å². The van der Waals surface area contributed by atoms with E-state index in [4.69, 9.17) is 4.74 Å². The molecule has 0 saturated carbocycles. The first-order valence-corrected chi connectivity index (χ1v) is 9.18. The number of hydrogen-bond acceptors (Lipinski definition) is 3. The standard InChI is InChI=1S/C18H24BrN3O2/c1-13(11-21-7-9-24-10-8-21)20-17(23)12-22-14(2)18(19)15-5-3-4-6-16(15)22/h3-6,13H,7-12H2,1-2H3,(H,20,23). The summed E-state index contributed by atoms with van der Waals surface area (Å²) in [6.45, 7) is 8.74. The number of carbonyl (C=O) groups is 1. The molecule has 5 nitrogen and oxygen atoms in total. The van der Waals surface area contributed by atoms with E-state index in [1.807, 2.05) is 19.1 Å². The Morgan fingerprint density at radius 3 is 2.79 bits per heavy atom. The molecular weight excluding hydrogens is 370 g/mol. The molecule has 0 bridgehead atoms. The van der Waals surface area contributed by atoms with E-state index in [0.717, 1.165) is 53.9 Å². The van der Waals surface area contributed by atoms with E-state index in [9.17, 15) is 4.79 Å². The molecule has 24 heavy (non-hydrogen) atoms. The number of halogens is 1. The molecule has 1 aliphatic heterocycles. The van der Waals surface area contributed by atoms with Gasteiger partial charge in [-0.15, -0.1) is 0 Å². The zero-order valence-corrected chi connectivity index (χ0v) is 15.8. The molecule has 0 aliphatic carbocycles. The Morgan fingerprint density at radius 2 is 2.04 bits per heavy atom. The van der Waals surface area contributed by atoms with Crippen molar-refractivity contribution < 1.29 is 9.53 Å². The molecule has 0 radical (unpaired) electrons. The third-order valence-electron chi connectivity index (χ3n) is 4.50. The molecule has 1 aliphatic rings. The van der Waals surface area contributed by atoms with Gasteiger partial charge in [-0.3, -0.25) is 9.69 Å². The average molecular weight is 394 g/mol. The molecule has 2 aromatic rings. The predicted octanol–water partition coefficient (Wildman–Crippen LogP) is 2.55. The summed E-state index contributed by atoms with van der Waals surface area (Å²) in [4.78, 5) is 14.8. The lowest BCUT2D eigenvalue weighted by Crippen LogP contribution is -2.46. The van der Waals surface area contributed by atoms with Gasteiger partial charge >= 0.3 is 0 Å². The van der Waals surface area contributed by atoms with Crippen LogP contribution in [0.15, 0.2) is 28.7 Å². The first kappa shape index (κ1) is 17.5. The number of rotatable bonds is 5. The van der Waals surface area contributed by atoms with E-state index in [-0.39, 0.29) is 11.9 Å². The van der Waals surface area contributed by atoms with Crippen LogP contribution in [0.3, 0.4) is 0 Å². The maximum Gasteiger partial charge on any atom is 0.240 e. The zero-order valence-electron chi connectivity index (χ0n) is 14.2. The van der Waals surface area contributed by atoms with Crippen molar-refractivity contribution in [3.8, 4) is 0 Å². The molecule has 1 atom stereocenters. The highest BCUT2D eigenvalue weighted by Crippen LogP contribution is 2.30. The van der Waals surface area contributed by atoms with Gasteiger partial charge in [0.25, 0.3) is 0 Å². The molecule has 1 unspecified atom stereocenters. The summed E-state index contributed by atoms with van der Waals surface area (Å²) in [6, 6.07) is 8.27. The van der Waals surface area contributed by atoms with Gasteiger partial charge < -0.3 is 14.6 Å². The van der Waals surface area contributed by atoms with E-state index in [1.165, 1.54) is 0 Å². The van der Waals surface area contributed by atoms with Gasteiger partial charge in [0.2, 0.25) is 5.91 Å². The van der Waals surface area contributed by atoms with E-state index < -0.39 is 0 Å². The molecule has 130 valence electrons. The normalized spacial score (nSPS) is 17.1. The van der Waals surface area contributed by atoms with Crippen LogP contribution in [0.4, 0.5) is 0 Å². The highest BCUT2D eigenvalue weighted by atomic mass is 79.9. The van der Waals surface area contributed by atoms with Crippen LogP contribution < -0.4 is 5.32 Å². The maximum absolute atomic E-state index is 12.5. The zero-order chi connectivity index (χ0) is 17.1. The van der Waals surface area contributed by atoms with Crippen molar-refractivity contribution in [2.45, 2.75) is 26.4 Å². The van der Waals surface area contributed by atoms with Crippen LogP contribution in [0.1, 0.15) is 12.6 Å². The van der Waals surface area contributed by atoms with Gasteiger partial charge in [0.15, 0.2) is 0 Å². The third-order valence-corrected chi connectivity index (χ3v) is 5.50. The molecule has 1 aromatic heterocycles. The summed E-state index contributed by atoms with van der Waals surface area (Å²) in [5, 5.41) is 4.26. The molecule has 1 fully saturated rings. The molecule has 0 spiro atoms. The van der Waals surface area contributed by atoms with Crippen LogP contribution in [-0.4, -0.2) is 54.3 Å². The number of aromatic nitrogens is 1. The van der Waals surface area contributed by atoms with E-state index in [2.05, 4.69) is 49.8 Å². The van der Waals surface area contributed by atoms with Gasteiger partial charge in [-0.05, 0) is 35.8 Å². The molecule has 3 rings (SSSR count). The lowest BCUT2D eigenvalue weighted by molar-refractivity contribution is -0.122. The lowest BCUT2D eigenvalue weighted by atomic mass is 10.2. The molecule has 1 amide bonds. The lowest BCUT2D eigenvalue weighted by Gasteiger charge is -2.29. The first-order valence-electron chi connectivity index (χ1n) is 8.39. The fraction of sp³-hybridized carbons (Fsp3) is 0.500. The van der Waals surface area contributed by atoms with Crippen molar-refractivity contribution in [1.29, 1.82) is 0 Å². The van der Waals surface area contributed by atoms with Crippen molar-refractivity contribution in [3.63, 3.8) is 0 Å². The van der Waals surface area contributed by atoms with Gasteiger partial charge in [0, 0.05) is 46.7 Å². The third kappa shape index (κ3) is 3.82. The summed E-state index contributed by atoms with van der Waals surface area (Å²) >= 11 is 3.64. The fourth-order valence-electron chi connectivity index (χ4n) is 3.27. The molecule has 1 aromatic carbocycles. The fourth-order valence-corrected chi connectivity index (χ4v) is 3.82. The smallest absolute Gasteiger partial charge is 0.240 e. The van der Waals surface area contributed by atoms with Gasteiger partial charge in [-0.1, -0.05) is 18.2 Å². The summed E-state index contributed by atoms with van der Waals surface area (Å²) in [5.41, 5.74) is 2.16. The monoisotopic (exact) mass is 393 g/mol. The number of carbonyl (C=O) groups excluding carboxylic acids is 1. The number of benzene rings is 1. The van der Waals surface area contributed by atoms with Crippen molar-refractivity contribution >= 4 is 32.7 Å². The molecular formula is C18H24BrN3O2. The number of fused-ring (bicyclic) bond motifs is 1. The summed E-state index contributed by atoms with van der Waals surface area (Å²) in [7, 11) is 0. The van der Waals surface area contributed by atoms with Crippen LogP contribution in [0.25, 0.3) is 10.9 Å². The first-order chi connectivity index (χ1) is 11.6. The van der Waals surface area contributed by atoms with Crippen LogP contribution >= 0.6 is 15.9 Å². The second-order valence-electron chi connectivity index (χ2n) is 6.38. The van der Waals surface area contributed by atoms with E-state index in [1.54, 1.807) is 0 Å². The number of hydrogen-bond donors (Lipinski definition) is 1. The minimum atomic E-state index is 0.0483. The Morgan fingerprint density at radius 1 is 1.33 bits per heavy atom. The second-order valence-corrected chi connectivity index (χ2v) is 7.18. The Hall–Kier alpha value is -1.37. The minimum Gasteiger partial charge on any atom is -0.379 e. The number of morpholine rings is 1. The highest BCUT2D eigenvalue weighted by Gasteiger charge is 2.17. The van der Waals surface area contributed by atoms with E-state index in [0.29, 0.717) is 6.54 Å². The van der Waals surface area contributed by atoms with Crippen molar-refractivity contribution in [3.05, 3.63) is 34.4 Å². The van der Waals surface area contributed by atoms with Gasteiger partial charge in [0.05, 0.1) is 13.2 Å². The predicted molar refractivity (Wildman–Crippen MR) is 99.2 cm³/mol. The second kappa shape index (κ2) is 7.68. The Balaban J connectivity index is 1.63. The van der Waals surface area contributed by atoms with Crippen LogP contribution in [0.5, 0.6) is 0 Å².